The van der Waals surface area contributed by atoms with Crippen LogP contribution in [0, 0.1) is 0 Å². The van der Waals surface area contributed by atoms with Gasteiger partial charge in [0.05, 0.1) is 0 Å². The standard InChI is InChI=1S/C18H36N4/c1-16(2)20-9-7-19(8-10-20)15-18(3,4)22-13-11-21(12-14-22)17-5-6-17/h16-17H,5-15H2,1-4H3. The number of rotatable bonds is 5. The topological polar surface area (TPSA) is 13.0 Å². The van der Waals surface area contributed by atoms with Crippen LogP contribution in [0.15, 0.2) is 0 Å². The first-order valence-electron chi connectivity index (χ1n) is 9.41. The summed E-state index contributed by atoms with van der Waals surface area (Å²) in [5.41, 5.74) is 0.315. The Morgan fingerprint density at radius 1 is 0.864 bits per heavy atom. The van der Waals surface area contributed by atoms with Crippen molar-refractivity contribution < 1.29 is 0 Å². The van der Waals surface area contributed by atoms with E-state index in [4.69, 9.17) is 0 Å². The number of piperazine rings is 2. The van der Waals surface area contributed by atoms with Gasteiger partial charge in [0.25, 0.3) is 0 Å². The molecule has 4 heteroatoms. The molecule has 1 saturated carbocycles. The van der Waals surface area contributed by atoms with Crippen molar-refractivity contribution in [1.82, 2.24) is 19.6 Å². The highest BCUT2D eigenvalue weighted by atomic mass is 15.3. The third kappa shape index (κ3) is 4.02. The Bertz CT molecular complexity index is 348. The van der Waals surface area contributed by atoms with E-state index < -0.39 is 0 Å². The van der Waals surface area contributed by atoms with Gasteiger partial charge in [0, 0.05) is 76.5 Å². The third-order valence-electron chi connectivity index (χ3n) is 5.98. The number of hydrogen-bond donors (Lipinski definition) is 0. The molecule has 0 aromatic rings. The molecule has 0 N–H and O–H groups in total. The van der Waals surface area contributed by atoms with Crippen LogP contribution in [-0.2, 0) is 0 Å². The van der Waals surface area contributed by atoms with Crippen molar-refractivity contribution in [2.24, 2.45) is 0 Å². The van der Waals surface area contributed by atoms with Gasteiger partial charge in [-0.2, -0.15) is 0 Å². The predicted octanol–water partition coefficient (Wildman–Crippen LogP) is 1.57. The smallest absolute Gasteiger partial charge is 0.0281 e. The first kappa shape index (κ1) is 16.7. The molecule has 0 spiro atoms. The van der Waals surface area contributed by atoms with Gasteiger partial charge in [0.2, 0.25) is 0 Å². The molecule has 0 amide bonds. The minimum Gasteiger partial charge on any atom is -0.299 e. The fourth-order valence-corrected chi connectivity index (χ4v) is 4.22. The average molecular weight is 309 g/mol. The second-order valence-corrected chi connectivity index (χ2v) is 8.47. The van der Waals surface area contributed by atoms with E-state index in [9.17, 15) is 0 Å². The predicted molar refractivity (Wildman–Crippen MR) is 93.4 cm³/mol. The molecular formula is C18H36N4. The van der Waals surface area contributed by atoms with E-state index in [1.807, 2.05) is 0 Å². The summed E-state index contributed by atoms with van der Waals surface area (Å²) in [7, 11) is 0. The first-order valence-corrected chi connectivity index (χ1v) is 9.41. The van der Waals surface area contributed by atoms with Crippen LogP contribution in [0.1, 0.15) is 40.5 Å². The highest BCUT2D eigenvalue weighted by Gasteiger charge is 2.36. The van der Waals surface area contributed by atoms with Crippen molar-refractivity contribution in [3.63, 3.8) is 0 Å². The normalized spacial score (nSPS) is 27.7. The zero-order valence-corrected chi connectivity index (χ0v) is 15.2. The summed E-state index contributed by atoms with van der Waals surface area (Å²) in [6.07, 6.45) is 2.90. The Hall–Kier alpha value is -0.160. The summed E-state index contributed by atoms with van der Waals surface area (Å²) < 4.78 is 0. The van der Waals surface area contributed by atoms with Crippen LogP contribution in [0.3, 0.4) is 0 Å². The molecule has 0 aromatic heterocycles. The molecule has 2 aliphatic heterocycles. The Morgan fingerprint density at radius 2 is 1.45 bits per heavy atom. The van der Waals surface area contributed by atoms with Crippen LogP contribution in [0.4, 0.5) is 0 Å². The first-order chi connectivity index (χ1) is 10.5. The van der Waals surface area contributed by atoms with Gasteiger partial charge in [-0.25, -0.2) is 0 Å². The van der Waals surface area contributed by atoms with Gasteiger partial charge in [-0.3, -0.25) is 19.6 Å². The largest absolute Gasteiger partial charge is 0.299 e. The summed E-state index contributed by atoms with van der Waals surface area (Å²) in [4.78, 5) is 10.7. The van der Waals surface area contributed by atoms with Crippen molar-refractivity contribution in [1.29, 1.82) is 0 Å². The molecule has 2 heterocycles. The molecule has 3 rings (SSSR count). The lowest BCUT2D eigenvalue weighted by Gasteiger charge is -2.47. The Balaban J connectivity index is 1.45. The molecule has 1 aliphatic carbocycles. The highest BCUT2D eigenvalue weighted by molar-refractivity contribution is 4.93. The van der Waals surface area contributed by atoms with Crippen molar-refractivity contribution in [3.05, 3.63) is 0 Å². The van der Waals surface area contributed by atoms with E-state index in [1.165, 1.54) is 71.7 Å². The lowest BCUT2D eigenvalue weighted by Crippen LogP contribution is -2.60. The minimum atomic E-state index is 0.315. The molecule has 4 nitrogen and oxygen atoms in total. The third-order valence-corrected chi connectivity index (χ3v) is 5.98. The summed E-state index contributed by atoms with van der Waals surface area (Å²) in [6.45, 7) is 20.8. The van der Waals surface area contributed by atoms with Crippen molar-refractivity contribution >= 4 is 0 Å². The molecule has 0 unspecified atom stereocenters. The van der Waals surface area contributed by atoms with E-state index in [1.54, 1.807) is 0 Å². The van der Waals surface area contributed by atoms with E-state index in [0.717, 1.165) is 6.04 Å². The lowest BCUT2D eigenvalue weighted by atomic mass is 10.00. The van der Waals surface area contributed by atoms with Crippen LogP contribution >= 0.6 is 0 Å². The van der Waals surface area contributed by atoms with Crippen LogP contribution in [0.5, 0.6) is 0 Å². The van der Waals surface area contributed by atoms with Gasteiger partial charge in [0.1, 0.15) is 0 Å². The molecule has 0 radical (unpaired) electrons. The van der Waals surface area contributed by atoms with Crippen molar-refractivity contribution in [2.75, 3.05) is 58.9 Å². The van der Waals surface area contributed by atoms with E-state index in [0.29, 0.717) is 11.6 Å². The second kappa shape index (κ2) is 6.76. The van der Waals surface area contributed by atoms with Crippen LogP contribution < -0.4 is 0 Å². The molecular weight excluding hydrogens is 272 g/mol. The van der Waals surface area contributed by atoms with Gasteiger partial charge >= 0.3 is 0 Å². The minimum absolute atomic E-state index is 0.315. The van der Waals surface area contributed by atoms with Gasteiger partial charge in [0.15, 0.2) is 0 Å². The van der Waals surface area contributed by atoms with E-state index in [-0.39, 0.29) is 0 Å². The van der Waals surface area contributed by atoms with Gasteiger partial charge in [-0.05, 0) is 40.5 Å². The van der Waals surface area contributed by atoms with Gasteiger partial charge in [-0.15, -0.1) is 0 Å². The van der Waals surface area contributed by atoms with E-state index in [2.05, 4.69) is 47.3 Å². The lowest BCUT2D eigenvalue weighted by molar-refractivity contribution is 0.0117. The van der Waals surface area contributed by atoms with Crippen LogP contribution in [0.2, 0.25) is 0 Å². The quantitative estimate of drug-likeness (QED) is 0.764. The molecule has 0 aromatic carbocycles. The fraction of sp³-hybridized carbons (Fsp3) is 1.00. The maximum atomic E-state index is 2.74. The summed E-state index contributed by atoms with van der Waals surface area (Å²) in [5.74, 6) is 0. The Morgan fingerprint density at radius 3 is 1.95 bits per heavy atom. The summed E-state index contributed by atoms with van der Waals surface area (Å²) in [5, 5.41) is 0. The molecule has 0 bridgehead atoms. The molecule has 0 atom stereocenters. The molecule has 22 heavy (non-hydrogen) atoms. The maximum absolute atomic E-state index is 2.74. The zero-order valence-electron chi connectivity index (χ0n) is 15.2. The van der Waals surface area contributed by atoms with Gasteiger partial charge in [-0.1, -0.05) is 0 Å². The van der Waals surface area contributed by atoms with Crippen molar-refractivity contribution in [3.8, 4) is 0 Å². The number of nitrogens with zero attached hydrogens (tertiary/aromatic N) is 4. The van der Waals surface area contributed by atoms with Gasteiger partial charge < -0.3 is 0 Å². The average Bonchev–Trinajstić information content (AvgIpc) is 3.32. The monoisotopic (exact) mass is 308 g/mol. The van der Waals surface area contributed by atoms with E-state index >= 15 is 0 Å². The molecule has 3 fully saturated rings. The molecule has 128 valence electrons. The maximum Gasteiger partial charge on any atom is 0.0281 e. The number of hydrogen-bond acceptors (Lipinski definition) is 4. The Labute approximate surface area is 137 Å². The molecule has 2 saturated heterocycles. The zero-order chi connectivity index (χ0) is 15.7. The fourth-order valence-electron chi connectivity index (χ4n) is 4.22. The highest BCUT2D eigenvalue weighted by Crippen LogP contribution is 2.29. The Kier molecular flexibility index (Phi) is 5.13. The molecule has 3 aliphatic rings. The summed E-state index contributed by atoms with van der Waals surface area (Å²) >= 11 is 0. The van der Waals surface area contributed by atoms with Crippen LogP contribution in [-0.4, -0.2) is 96.1 Å². The van der Waals surface area contributed by atoms with Crippen LogP contribution in [0.25, 0.3) is 0 Å². The summed E-state index contributed by atoms with van der Waals surface area (Å²) in [6, 6.07) is 1.64. The SMILES string of the molecule is CC(C)N1CCN(CC(C)(C)N2CCN(C3CC3)CC2)CC1. The van der Waals surface area contributed by atoms with Crippen molar-refractivity contribution in [2.45, 2.75) is 58.2 Å². The second-order valence-electron chi connectivity index (χ2n) is 8.47.